The Hall–Kier alpha value is -2.14. The number of thiophene rings is 1. The second-order valence-electron chi connectivity index (χ2n) is 4.20. The molecule has 0 spiro atoms. The maximum Gasteiger partial charge on any atom is 0.339 e. The van der Waals surface area contributed by atoms with Crippen molar-refractivity contribution in [1.29, 1.82) is 0 Å². The number of rotatable bonds is 2. The van der Waals surface area contributed by atoms with E-state index in [0.717, 1.165) is 16.2 Å². The fourth-order valence-electron chi connectivity index (χ4n) is 1.97. The van der Waals surface area contributed by atoms with Gasteiger partial charge in [-0.2, -0.15) is 0 Å². The molecule has 0 saturated heterocycles. The summed E-state index contributed by atoms with van der Waals surface area (Å²) in [5, 5.41) is 0. The van der Waals surface area contributed by atoms with Crippen LogP contribution in [0, 0.1) is 6.92 Å². The molecule has 5 heteroatoms. The van der Waals surface area contributed by atoms with Crippen molar-refractivity contribution < 1.29 is 9.53 Å². The van der Waals surface area contributed by atoms with Crippen LogP contribution in [0.25, 0.3) is 16.2 Å². The first-order valence-electron chi connectivity index (χ1n) is 5.81. The highest BCUT2D eigenvalue weighted by molar-refractivity contribution is 7.15. The number of fused-ring (bicyclic) bond motifs is 1. The molecule has 0 aliphatic heterocycles. The summed E-state index contributed by atoms with van der Waals surface area (Å²) in [6.45, 7) is 2.06. The molecule has 0 N–H and O–H groups in total. The van der Waals surface area contributed by atoms with Gasteiger partial charge < -0.3 is 4.74 Å². The van der Waals surface area contributed by atoms with Gasteiger partial charge in [0.2, 0.25) is 0 Å². The van der Waals surface area contributed by atoms with Crippen molar-refractivity contribution in [2.75, 3.05) is 7.11 Å². The van der Waals surface area contributed by atoms with Crippen LogP contribution in [0.2, 0.25) is 0 Å². The van der Waals surface area contributed by atoms with E-state index < -0.39 is 0 Å². The van der Waals surface area contributed by atoms with Crippen LogP contribution in [-0.4, -0.2) is 22.5 Å². The first-order valence-corrected chi connectivity index (χ1v) is 6.63. The van der Waals surface area contributed by atoms with E-state index in [1.807, 2.05) is 16.5 Å². The average Bonchev–Trinajstić information content (AvgIpc) is 3.02. The predicted molar refractivity (Wildman–Crippen MR) is 74.6 cm³/mol. The maximum absolute atomic E-state index is 11.6. The third kappa shape index (κ3) is 2.02. The molecule has 0 unspecified atom stereocenters. The van der Waals surface area contributed by atoms with Crippen LogP contribution in [0.3, 0.4) is 0 Å². The van der Waals surface area contributed by atoms with E-state index >= 15 is 0 Å². The van der Waals surface area contributed by atoms with E-state index in [4.69, 9.17) is 4.74 Å². The van der Waals surface area contributed by atoms with Crippen molar-refractivity contribution in [2.45, 2.75) is 6.92 Å². The molecule has 3 heterocycles. The molecule has 96 valence electrons. The first-order chi connectivity index (χ1) is 9.19. The molecule has 0 aliphatic rings. The van der Waals surface area contributed by atoms with Gasteiger partial charge in [0, 0.05) is 11.1 Å². The van der Waals surface area contributed by atoms with Crippen LogP contribution >= 0.6 is 11.3 Å². The van der Waals surface area contributed by atoms with Crippen LogP contribution in [0.5, 0.6) is 0 Å². The number of pyridine rings is 1. The highest BCUT2D eigenvalue weighted by Gasteiger charge is 2.11. The summed E-state index contributed by atoms with van der Waals surface area (Å²) in [6.07, 6.45) is 3.56. The molecule has 19 heavy (non-hydrogen) atoms. The van der Waals surface area contributed by atoms with Crippen LogP contribution in [0.1, 0.15) is 15.2 Å². The number of esters is 1. The van der Waals surface area contributed by atoms with Crippen LogP contribution in [0.15, 0.2) is 36.7 Å². The first kappa shape index (κ1) is 11.9. The van der Waals surface area contributed by atoms with E-state index in [0.29, 0.717) is 5.56 Å². The molecule has 0 radical (unpaired) electrons. The minimum atomic E-state index is -0.344. The van der Waals surface area contributed by atoms with Gasteiger partial charge in [0.05, 0.1) is 29.3 Å². The summed E-state index contributed by atoms with van der Waals surface area (Å²) >= 11 is 1.68. The van der Waals surface area contributed by atoms with Gasteiger partial charge in [-0.3, -0.25) is 4.40 Å². The van der Waals surface area contributed by atoms with Crippen molar-refractivity contribution >= 4 is 22.8 Å². The Balaban J connectivity index is 2.18. The van der Waals surface area contributed by atoms with Gasteiger partial charge in [-0.1, -0.05) is 0 Å². The van der Waals surface area contributed by atoms with E-state index in [9.17, 15) is 4.79 Å². The number of imidazole rings is 1. The number of hydrogen-bond acceptors (Lipinski definition) is 4. The lowest BCUT2D eigenvalue weighted by Crippen LogP contribution is -2.02. The van der Waals surface area contributed by atoms with E-state index in [1.54, 1.807) is 29.8 Å². The third-order valence-corrected chi connectivity index (χ3v) is 3.91. The summed E-state index contributed by atoms with van der Waals surface area (Å²) in [6, 6.07) is 7.71. The lowest BCUT2D eigenvalue weighted by molar-refractivity contribution is 0.0600. The van der Waals surface area contributed by atoms with E-state index in [-0.39, 0.29) is 5.97 Å². The second kappa shape index (κ2) is 4.51. The molecule has 0 saturated carbocycles. The Morgan fingerprint density at radius 2 is 2.16 bits per heavy atom. The fourth-order valence-corrected chi connectivity index (χ4v) is 2.83. The third-order valence-electron chi connectivity index (χ3n) is 2.91. The van der Waals surface area contributed by atoms with Crippen LogP contribution < -0.4 is 0 Å². The lowest BCUT2D eigenvalue weighted by Gasteiger charge is -2.02. The maximum atomic E-state index is 11.6. The molecule has 0 bridgehead atoms. The van der Waals surface area contributed by atoms with Gasteiger partial charge >= 0.3 is 5.97 Å². The molecule has 0 fully saturated rings. The number of carbonyl (C=O) groups excluding carboxylic acids is 1. The zero-order valence-corrected chi connectivity index (χ0v) is 11.4. The summed E-state index contributed by atoms with van der Waals surface area (Å²) in [4.78, 5) is 18.3. The smallest absolute Gasteiger partial charge is 0.339 e. The van der Waals surface area contributed by atoms with Crippen molar-refractivity contribution in [3.8, 4) is 10.7 Å². The Kier molecular flexibility index (Phi) is 2.83. The predicted octanol–water partition coefficient (Wildman–Crippen LogP) is 3.16. The van der Waals surface area contributed by atoms with Crippen molar-refractivity contribution in [3.63, 3.8) is 0 Å². The van der Waals surface area contributed by atoms with Gasteiger partial charge in [-0.25, -0.2) is 9.78 Å². The van der Waals surface area contributed by atoms with Crippen molar-refractivity contribution in [3.05, 3.63) is 47.1 Å². The van der Waals surface area contributed by atoms with E-state index in [2.05, 4.69) is 18.0 Å². The number of hydrogen-bond donors (Lipinski definition) is 0. The topological polar surface area (TPSA) is 43.6 Å². The molecule has 0 aliphatic carbocycles. The summed E-state index contributed by atoms with van der Waals surface area (Å²) in [5.41, 5.74) is 1.47. The molecule has 0 aromatic carbocycles. The highest BCUT2D eigenvalue weighted by Crippen LogP contribution is 2.27. The summed E-state index contributed by atoms with van der Waals surface area (Å²) in [5.74, 6) is 0.503. The van der Waals surface area contributed by atoms with Crippen molar-refractivity contribution in [2.24, 2.45) is 0 Å². The fraction of sp³-hybridized carbons (Fsp3) is 0.143. The molecular weight excluding hydrogens is 260 g/mol. The number of aryl methyl sites for hydroxylation is 1. The van der Waals surface area contributed by atoms with Gasteiger partial charge in [0.15, 0.2) is 5.82 Å². The number of ether oxygens (including phenoxy) is 1. The normalized spacial score (nSPS) is 10.8. The Morgan fingerprint density at radius 1 is 1.32 bits per heavy atom. The quantitative estimate of drug-likeness (QED) is 0.673. The second-order valence-corrected chi connectivity index (χ2v) is 5.48. The average molecular weight is 272 g/mol. The highest BCUT2D eigenvalue weighted by atomic mass is 32.1. The largest absolute Gasteiger partial charge is 0.465 e. The molecule has 4 nitrogen and oxygen atoms in total. The lowest BCUT2D eigenvalue weighted by atomic mass is 10.2. The Labute approximate surface area is 114 Å². The van der Waals surface area contributed by atoms with Crippen molar-refractivity contribution in [1.82, 2.24) is 9.38 Å². The zero-order chi connectivity index (χ0) is 13.4. The summed E-state index contributed by atoms with van der Waals surface area (Å²) < 4.78 is 6.66. The number of carbonyl (C=O) groups is 1. The number of aromatic nitrogens is 2. The van der Waals surface area contributed by atoms with Gasteiger partial charge in [-0.05, 0) is 31.2 Å². The van der Waals surface area contributed by atoms with Gasteiger partial charge in [0.25, 0.3) is 0 Å². The molecule has 0 atom stereocenters. The monoisotopic (exact) mass is 272 g/mol. The molecular formula is C14H12N2O2S. The van der Waals surface area contributed by atoms with Crippen LogP contribution in [0.4, 0.5) is 0 Å². The zero-order valence-electron chi connectivity index (χ0n) is 10.6. The number of methoxy groups -OCH3 is 1. The molecule has 3 rings (SSSR count). The number of nitrogens with zero attached hydrogens (tertiary/aromatic N) is 2. The SMILES string of the molecule is COC(=O)c1ccc2cnc(-c3ccc(C)s3)n2c1. The van der Waals surface area contributed by atoms with Gasteiger partial charge in [0.1, 0.15) is 0 Å². The van der Waals surface area contributed by atoms with Crippen LogP contribution in [-0.2, 0) is 4.74 Å². The summed E-state index contributed by atoms with van der Waals surface area (Å²) in [7, 11) is 1.38. The van der Waals surface area contributed by atoms with E-state index in [1.165, 1.54) is 12.0 Å². The standard InChI is InChI=1S/C14H12N2O2S/c1-9-3-6-12(19-9)13-15-7-11-5-4-10(8-16(11)13)14(17)18-2/h3-8H,1-2H3. The molecule has 3 aromatic rings. The Bertz CT molecular complexity index is 758. The minimum absolute atomic E-state index is 0.344. The molecule has 0 amide bonds. The Morgan fingerprint density at radius 3 is 2.84 bits per heavy atom. The molecule has 3 aromatic heterocycles. The van der Waals surface area contributed by atoms with Gasteiger partial charge in [-0.15, -0.1) is 11.3 Å². The minimum Gasteiger partial charge on any atom is -0.465 e.